The molecule has 1 aromatic heterocycles. The normalized spacial score (nSPS) is 10.5. The number of anilines is 3. The van der Waals surface area contributed by atoms with Crippen molar-refractivity contribution in [3.63, 3.8) is 0 Å². The van der Waals surface area contributed by atoms with Gasteiger partial charge in [0, 0.05) is 6.20 Å². The Hall–Kier alpha value is -2.81. The van der Waals surface area contributed by atoms with Crippen molar-refractivity contribution in [2.75, 3.05) is 11.1 Å². The van der Waals surface area contributed by atoms with E-state index in [1.165, 1.54) is 22.3 Å². The van der Waals surface area contributed by atoms with Crippen LogP contribution in [0.3, 0.4) is 0 Å². The number of nitrogen functional groups attached to an aromatic ring is 1. The Morgan fingerprint density at radius 1 is 0.913 bits per heavy atom. The minimum absolute atomic E-state index is 0.717. The molecule has 3 heteroatoms. The van der Waals surface area contributed by atoms with Gasteiger partial charge in [-0.15, -0.1) is 0 Å². The van der Waals surface area contributed by atoms with Crippen LogP contribution in [0, 0.1) is 13.8 Å². The maximum atomic E-state index is 5.97. The number of para-hydroxylation sites is 2. The van der Waals surface area contributed by atoms with Gasteiger partial charge in [-0.2, -0.15) is 0 Å². The van der Waals surface area contributed by atoms with Crippen LogP contribution >= 0.6 is 0 Å². The topological polar surface area (TPSA) is 50.9 Å². The third kappa shape index (κ3) is 3.69. The standard InChI is InChI=1S/C20H21N3/c1-14-7-8-16(11-15(14)2)12-17-9-10-22-20(13-17)23-19-6-4-3-5-18(19)21/h3-11,13H,12,21H2,1-2H3,(H,22,23). The molecular formula is C20H21N3. The van der Waals surface area contributed by atoms with Crippen LogP contribution in [-0.4, -0.2) is 4.98 Å². The molecule has 0 radical (unpaired) electrons. The maximum Gasteiger partial charge on any atom is 0.130 e. The lowest BCUT2D eigenvalue weighted by molar-refractivity contribution is 1.15. The summed E-state index contributed by atoms with van der Waals surface area (Å²) in [5.74, 6) is 0.809. The zero-order valence-corrected chi connectivity index (χ0v) is 13.5. The number of aryl methyl sites for hydroxylation is 2. The number of pyridine rings is 1. The second kappa shape index (κ2) is 6.53. The first-order valence-electron chi connectivity index (χ1n) is 7.74. The van der Waals surface area contributed by atoms with E-state index < -0.39 is 0 Å². The lowest BCUT2D eigenvalue weighted by Crippen LogP contribution is -1.99. The number of nitrogens with one attached hydrogen (secondary N) is 1. The third-order valence-electron chi connectivity index (χ3n) is 4.03. The van der Waals surface area contributed by atoms with E-state index >= 15 is 0 Å². The predicted octanol–water partition coefficient (Wildman–Crippen LogP) is 4.62. The fraction of sp³-hybridized carbons (Fsp3) is 0.150. The first-order valence-corrected chi connectivity index (χ1v) is 7.74. The Kier molecular flexibility index (Phi) is 4.29. The summed E-state index contributed by atoms with van der Waals surface area (Å²) in [4.78, 5) is 4.38. The molecule has 0 saturated carbocycles. The summed E-state index contributed by atoms with van der Waals surface area (Å²) in [6.07, 6.45) is 2.72. The van der Waals surface area contributed by atoms with Gasteiger partial charge in [-0.25, -0.2) is 4.98 Å². The molecule has 3 rings (SSSR count). The molecule has 0 spiro atoms. The van der Waals surface area contributed by atoms with Crippen molar-refractivity contribution in [2.24, 2.45) is 0 Å². The molecule has 0 fully saturated rings. The van der Waals surface area contributed by atoms with E-state index in [1.807, 2.05) is 30.5 Å². The smallest absolute Gasteiger partial charge is 0.130 e. The van der Waals surface area contributed by atoms with Crippen LogP contribution in [-0.2, 0) is 6.42 Å². The Morgan fingerprint density at radius 2 is 1.70 bits per heavy atom. The molecule has 0 amide bonds. The van der Waals surface area contributed by atoms with E-state index in [1.54, 1.807) is 0 Å². The summed E-state index contributed by atoms with van der Waals surface area (Å²) in [5, 5.41) is 3.28. The van der Waals surface area contributed by atoms with Crippen molar-refractivity contribution < 1.29 is 0 Å². The van der Waals surface area contributed by atoms with Crippen molar-refractivity contribution in [3.8, 4) is 0 Å². The van der Waals surface area contributed by atoms with Crippen molar-refractivity contribution >= 4 is 17.2 Å². The maximum absolute atomic E-state index is 5.97. The van der Waals surface area contributed by atoms with Gasteiger partial charge in [-0.05, 0) is 66.8 Å². The minimum Gasteiger partial charge on any atom is -0.397 e. The summed E-state index contributed by atoms with van der Waals surface area (Å²) in [6, 6.07) is 18.4. The molecular weight excluding hydrogens is 282 g/mol. The Bertz CT molecular complexity index is 825. The van der Waals surface area contributed by atoms with Gasteiger partial charge in [-0.3, -0.25) is 0 Å². The van der Waals surface area contributed by atoms with Gasteiger partial charge in [0.15, 0.2) is 0 Å². The molecule has 0 aliphatic carbocycles. The highest BCUT2D eigenvalue weighted by Crippen LogP contribution is 2.22. The molecule has 0 saturated heterocycles. The summed E-state index contributed by atoms with van der Waals surface area (Å²) in [5.41, 5.74) is 12.7. The van der Waals surface area contributed by atoms with Crippen molar-refractivity contribution in [1.82, 2.24) is 4.98 Å². The van der Waals surface area contributed by atoms with Crippen LogP contribution in [0.25, 0.3) is 0 Å². The number of hydrogen-bond donors (Lipinski definition) is 2. The molecule has 116 valence electrons. The Morgan fingerprint density at radius 3 is 2.48 bits per heavy atom. The van der Waals surface area contributed by atoms with Crippen molar-refractivity contribution in [3.05, 3.63) is 83.0 Å². The quantitative estimate of drug-likeness (QED) is 0.692. The molecule has 23 heavy (non-hydrogen) atoms. The molecule has 1 heterocycles. The summed E-state index contributed by atoms with van der Waals surface area (Å²) in [7, 11) is 0. The van der Waals surface area contributed by atoms with Crippen molar-refractivity contribution in [1.29, 1.82) is 0 Å². The number of aromatic nitrogens is 1. The molecule has 0 aliphatic heterocycles. The summed E-state index contributed by atoms with van der Waals surface area (Å²) < 4.78 is 0. The Balaban J connectivity index is 1.79. The van der Waals surface area contributed by atoms with E-state index in [0.717, 1.165) is 17.9 Å². The minimum atomic E-state index is 0.717. The van der Waals surface area contributed by atoms with Crippen molar-refractivity contribution in [2.45, 2.75) is 20.3 Å². The van der Waals surface area contributed by atoms with Gasteiger partial charge in [0.05, 0.1) is 11.4 Å². The fourth-order valence-electron chi connectivity index (χ4n) is 2.55. The molecule has 0 atom stereocenters. The number of benzene rings is 2. The second-order valence-corrected chi connectivity index (χ2v) is 5.86. The average Bonchev–Trinajstić information content (AvgIpc) is 2.54. The summed E-state index contributed by atoms with van der Waals surface area (Å²) >= 11 is 0. The monoisotopic (exact) mass is 303 g/mol. The zero-order valence-electron chi connectivity index (χ0n) is 13.5. The molecule has 0 unspecified atom stereocenters. The number of hydrogen-bond acceptors (Lipinski definition) is 3. The third-order valence-corrected chi connectivity index (χ3v) is 4.03. The first-order chi connectivity index (χ1) is 11.1. The highest BCUT2D eigenvalue weighted by Gasteiger charge is 2.03. The van der Waals surface area contributed by atoms with Crippen LogP contribution in [0.4, 0.5) is 17.2 Å². The SMILES string of the molecule is Cc1ccc(Cc2ccnc(Nc3ccccc3N)c2)cc1C. The van der Waals surface area contributed by atoms with E-state index in [0.29, 0.717) is 5.69 Å². The predicted molar refractivity (Wildman–Crippen MR) is 97.1 cm³/mol. The van der Waals surface area contributed by atoms with Crippen LogP contribution < -0.4 is 11.1 Å². The van der Waals surface area contributed by atoms with Gasteiger partial charge in [0.25, 0.3) is 0 Å². The molecule has 3 nitrogen and oxygen atoms in total. The molecule has 0 aliphatic rings. The average molecular weight is 303 g/mol. The molecule has 2 aromatic carbocycles. The van der Waals surface area contributed by atoms with E-state index in [2.05, 4.69) is 54.5 Å². The zero-order chi connectivity index (χ0) is 16.2. The second-order valence-electron chi connectivity index (χ2n) is 5.86. The summed E-state index contributed by atoms with van der Waals surface area (Å²) in [6.45, 7) is 4.29. The lowest BCUT2D eigenvalue weighted by atomic mass is 10.0. The number of nitrogens with two attached hydrogens (primary N) is 1. The van der Waals surface area contributed by atoms with Gasteiger partial charge in [-0.1, -0.05) is 30.3 Å². The highest BCUT2D eigenvalue weighted by atomic mass is 15.0. The van der Waals surface area contributed by atoms with Gasteiger partial charge >= 0.3 is 0 Å². The van der Waals surface area contributed by atoms with Crippen LogP contribution in [0.1, 0.15) is 22.3 Å². The van der Waals surface area contributed by atoms with Crippen LogP contribution in [0.5, 0.6) is 0 Å². The molecule has 3 N–H and O–H groups in total. The lowest BCUT2D eigenvalue weighted by Gasteiger charge is -2.10. The molecule has 3 aromatic rings. The van der Waals surface area contributed by atoms with Gasteiger partial charge in [0.2, 0.25) is 0 Å². The van der Waals surface area contributed by atoms with E-state index in [9.17, 15) is 0 Å². The largest absolute Gasteiger partial charge is 0.397 e. The van der Waals surface area contributed by atoms with E-state index in [4.69, 9.17) is 5.73 Å². The number of nitrogens with zero attached hydrogens (tertiary/aromatic N) is 1. The van der Waals surface area contributed by atoms with Gasteiger partial charge in [0.1, 0.15) is 5.82 Å². The van der Waals surface area contributed by atoms with Gasteiger partial charge < -0.3 is 11.1 Å². The number of rotatable bonds is 4. The highest BCUT2D eigenvalue weighted by molar-refractivity contribution is 5.71. The molecule has 0 bridgehead atoms. The van der Waals surface area contributed by atoms with Crippen LogP contribution in [0.15, 0.2) is 60.8 Å². The Labute approximate surface area is 137 Å². The fourth-order valence-corrected chi connectivity index (χ4v) is 2.55. The van der Waals surface area contributed by atoms with E-state index in [-0.39, 0.29) is 0 Å². The first kappa shape index (κ1) is 15.1. The van der Waals surface area contributed by atoms with Crippen LogP contribution in [0.2, 0.25) is 0 Å².